The van der Waals surface area contributed by atoms with Crippen LogP contribution in [0, 0.1) is 0 Å². The summed E-state index contributed by atoms with van der Waals surface area (Å²) in [5, 5.41) is 20.1. The van der Waals surface area contributed by atoms with E-state index in [1.54, 1.807) is 0 Å². The molecule has 0 spiro atoms. The van der Waals surface area contributed by atoms with Gasteiger partial charge in [0.05, 0.1) is 20.1 Å². The van der Waals surface area contributed by atoms with Crippen LogP contribution in [0.2, 0.25) is 0 Å². The summed E-state index contributed by atoms with van der Waals surface area (Å²) in [5.74, 6) is -0.722. The lowest BCUT2D eigenvalue weighted by molar-refractivity contribution is -0.139. The van der Waals surface area contributed by atoms with Crippen molar-refractivity contribution in [2.45, 2.75) is 31.0 Å². The number of nitrogens with zero attached hydrogens (tertiary/aromatic N) is 1. The van der Waals surface area contributed by atoms with Gasteiger partial charge in [0.2, 0.25) is 0 Å². The van der Waals surface area contributed by atoms with Gasteiger partial charge in [0.1, 0.15) is 18.3 Å². The van der Waals surface area contributed by atoms with Gasteiger partial charge in [0, 0.05) is 11.8 Å². The van der Waals surface area contributed by atoms with Gasteiger partial charge in [-0.25, -0.2) is 4.79 Å². The summed E-state index contributed by atoms with van der Waals surface area (Å²) in [7, 11) is 1.13. The molecule has 14 heteroatoms. The van der Waals surface area contributed by atoms with E-state index in [0.29, 0.717) is 0 Å². The fraction of sp³-hybridized carbons (Fsp3) is 0.583. The van der Waals surface area contributed by atoms with Crippen molar-refractivity contribution >= 4 is 34.5 Å². The van der Waals surface area contributed by atoms with E-state index in [9.17, 15) is 29.2 Å². The number of carbonyl (C=O) groups is 1. The number of aromatic nitrogens is 2. The van der Waals surface area contributed by atoms with Gasteiger partial charge in [0.15, 0.2) is 6.23 Å². The summed E-state index contributed by atoms with van der Waals surface area (Å²) in [4.78, 5) is 37.1. The maximum atomic E-state index is 12.0. The van der Waals surface area contributed by atoms with E-state index in [4.69, 9.17) is 27.2 Å². The Kier molecular flexibility index (Phi) is 6.67. The first-order chi connectivity index (χ1) is 12.0. The Bertz CT molecular complexity index is 835. The number of ether oxygens (including phenoxy) is 2. The largest absolute Gasteiger partial charge is 0.469 e. The predicted octanol–water partition coefficient (Wildman–Crippen LogP) is -0.526. The highest BCUT2D eigenvalue weighted by atomic mass is 35.9. The summed E-state index contributed by atoms with van der Waals surface area (Å²) in [5.41, 5.74) is -1.87. The zero-order valence-corrected chi connectivity index (χ0v) is 15.6. The number of methoxy groups -OCH3 is 1. The van der Waals surface area contributed by atoms with Crippen molar-refractivity contribution < 1.29 is 33.6 Å². The quantitative estimate of drug-likeness (QED) is 0.396. The highest BCUT2D eigenvalue weighted by Gasteiger charge is 2.45. The van der Waals surface area contributed by atoms with Crippen LogP contribution < -0.4 is 11.2 Å². The van der Waals surface area contributed by atoms with Gasteiger partial charge >= 0.3 is 17.7 Å². The summed E-state index contributed by atoms with van der Waals surface area (Å²) in [6.45, 7) is -0.522. The SMILES string of the molecule is COC(=O)Cc1cn([C@@H]2O[C@H](COP(=O)(Cl)Cl)[C@H](O)C2O)c(=O)[nH]c1=O. The predicted molar refractivity (Wildman–Crippen MR) is 88.2 cm³/mol. The molecule has 0 bridgehead atoms. The van der Waals surface area contributed by atoms with Gasteiger partial charge in [-0.1, -0.05) is 0 Å². The molecule has 1 saturated heterocycles. The van der Waals surface area contributed by atoms with Crippen molar-refractivity contribution in [1.82, 2.24) is 9.55 Å². The molecule has 1 aromatic rings. The maximum Gasteiger partial charge on any atom is 0.380 e. The van der Waals surface area contributed by atoms with E-state index in [2.05, 4.69) is 9.26 Å². The second-order valence-electron chi connectivity index (χ2n) is 5.33. The van der Waals surface area contributed by atoms with Crippen molar-refractivity contribution in [3.63, 3.8) is 0 Å². The molecule has 0 aliphatic carbocycles. The van der Waals surface area contributed by atoms with Crippen LogP contribution >= 0.6 is 28.6 Å². The van der Waals surface area contributed by atoms with E-state index >= 15 is 0 Å². The Morgan fingerprint density at radius 3 is 2.62 bits per heavy atom. The first kappa shape index (κ1) is 21.1. The van der Waals surface area contributed by atoms with Crippen LogP contribution in [-0.4, -0.2) is 57.8 Å². The monoisotopic (exact) mass is 432 g/mol. The molecule has 2 rings (SSSR count). The molecular weight excluding hydrogens is 418 g/mol. The number of carbonyl (C=O) groups excluding carboxylic acids is 1. The fourth-order valence-corrected chi connectivity index (χ4v) is 2.99. The zero-order valence-electron chi connectivity index (χ0n) is 13.2. The summed E-state index contributed by atoms with van der Waals surface area (Å²) >= 11 is 10.5. The third kappa shape index (κ3) is 4.95. The summed E-state index contributed by atoms with van der Waals surface area (Å²) < 4.78 is 26.4. The number of aliphatic hydroxyl groups is 2. The van der Waals surface area contributed by atoms with Crippen LogP contribution in [0.15, 0.2) is 15.8 Å². The normalized spacial score (nSPS) is 26.0. The van der Waals surface area contributed by atoms with Crippen LogP contribution in [0.1, 0.15) is 11.8 Å². The average molecular weight is 433 g/mol. The van der Waals surface area contributed by atoms with Crippen LogP contribution in [0.4, 0.5) is 0 Å². The van der Waals surface area contributed by atoms with Crippen molar-refractivity contribution in [3.05, 3.63) is 32.6 Å². The minimum Gasteiger partial charge on any atom is -0.469 e. The van der Waals surface area contributed by atoms with E-state index in [1.807, 2.05) is 4.98 Å². The number of rotatable bonds is 6. The number of H-pyrrole nitrogens is 1. The van der Waals surface area contributed by atoms with Gasteiger partial charge < -0.3 is 24.2 Å². The number of nitrogens with one attached hydrogen (secondary N) is 1. The van der Waals surface area contributed by atoms with Crippen molar-refractivity contribution in [2.24, 2.45) is 0 Å². The minimum absolute atomic E-state index is 0.118. The second-order valence-corrected chi connectivity index (χ2v) is 9.61. The standard InChI is InChI=1S/C12H15Cl2N2O9P/c1-23-7(17)2-5-3-16(12(21)15-10(5)20)11-9(19)8(18)6(25-11)4-24-26(13,14)22/h3,6,8-9,11,18-19H,2,4H2,1H3,(H,15,20,21)/t6-,8+,9?,11-/m1/s1. The molecule has 4 atom stereocenters. The Morgan fingerprint density at radius 2 is 2.04 bits per heavy atom. The molecule has 1 unspecified atom stereocenters. The van der Waals surface area contributed by atoms with Gasteiger partial charge in [-0.05, 0) is 22.5 Å². The lowest BCUT2D eigenvalue weighted by atomic mass is 10.1. The lowest BCUT2D eigenvalue weighted by Crippen LogP contribution is -2.39. The number of aromatic amines is 1. The first-order valence-electron chi connectivity index (χ1n) is 7.10. The minimum atomic E-state index is -3.90. The number of hydrogen-bond donors (Lipinski definition) is 3. The average Bonchev–Trinajstić information content (AvgIpc) is 2.82. The van der Waals surface area contributed by atoms with Crippen molar-refractivity contribution in [2.75, 3.05) is 13.7 Å². The number of esters is 1. The number of hydrogen-bond acceptors (Lipinski definition) is 9. The highest BCUT2D eigenvalue weighted by Crippen LogP contribution is 2.57. The van der Waals surface area contributed by atoms with Crippen LogP contribution in [0.3, 0.4) is 0 Å². The van der Waals surface area contributed by atoms with Gasteiger partial charge in [-0.3, -0.25) is 23.7 Å². The number of aliphatic hydroxyl groups excluding tert-OH is 2. The van der Waals surface area contributed by atoms with E-state index < -0.39 is 60.9 Å². The summed E-state index contributed by atoms with van der Waals surface area (Å²) in [6.07, 6.45) is -9.05. The Balaban J connectivity index is 2.28. The van der Waals surface area contributed by atoms with Gasteiger partial charge in [0.25, 0.3) is 5.56 Å². The molecule has 1 aliphatic rings. The molecule has 0 amide bonds. The number of halogens is 2. The van der Waals surface area contributed by atoms with Gasteiger partial charge in [-0.2, -0.15) is 0 Å². The van der Waals surface area contributed by atoms with Crippen molar-refractivity contribution in [3.8, 4) is 0 Å². The molecule has 3 N–H and O–H groups in total. The zero-order chi connectivity index (χ0) is 19.6. The maximum absolute atomic E-state index is 12.0. The topological polar surface area (TPSA) is 157 Å². The molecule has 146 valence electrons. The molecule has 0 saturated carbocycles. The first-order valence-corrected chi connectivity index (χ1v) is 10.5. The van der Waals surface area contributed by atoms with Crippen LogP contribution in [0.5, 0.6) is 0 Å². The Labute approximate surface area is 155 Å². The third-order valence-corrected chi connectivity index (χ3v) is 4.64. The van der Waals surface area contributed by atoms with Crippen molar-refractivity contribution in [1.29, 1.82) is 0 Å². The molecule has 1 fully saturated rings. The van der Waals surface area contributed by atoms with E-state index in [-0.39, 0.29) is 5.56 Å². The molecular formula is C12H15Cl2N2O9P. The second kappa shape index (κ2) is 8.22. The summed E-state index contributed by atoms with van der Waals surface area (Å²) in [6, 6.07) is 0. The molecule has 1 aliphatic heterocycles. The highest BCUT2D eigenvalue weighted by molar-refractivity contribution is 8.05. The molecule has 11 nitrogen and oxygen atoms in total. The Hall–Kier alpha value is -1.20. The van der Waals surface area contributed by atoms with E-state index in [0.717, 1.165) is 17.9 Å². The van der Waals surface area contributed by atoms with Gasteiger partial charge in [-0.15, -0.1) is 0 Å². The molecule has 26 heavy (non-hydrogen) atoms. The van der Waals surface area contributed by atoms with Crippen LogP contribution in [-0.2, 0) is 29.8 Å². The molecule has 0 aromatic carbocycles. The van der Waals surface area contributed by atoms with E-state index in [1.165, 1.54) is 0 Å². The molecule has 0 radical (unpaired) electrons. The van der Waals surface area contributed by atoms with Crippen LogP contribution in [0.25, 0.3) is 0 Å². The molecule has 2 heterocycles. The lowest BCUT2D eigenvalue weighted by Gasteiger charge is -2.18. The Morgan fingerprint density at radius 1 is 1.38 bits per heavy atom. The fourth-order valence-electron chi connectivity index (χ4n) is 2.33. The third-order valence-electron chi connectivity index (χ3n) is 3.60. The molecule has 1 aromatic heterocycles. The smallest absolute Gasteiger partial charge is 0.380 e.